The van der Waals surface area contributed by atoms with E-state index in [4.69, 9.17) is 0 Å². The lowest BCUT2D eigenvalue weighted by Crippen LogP contribution is -2.42. The van der Waals surface area contributed by atoms with Gasteiger partial charge in [-0.1, -0.05) is 12.8 Å². The van der Waals surface area contributed by atoms with Crippen molar-refractivity contribution in [3.63, 3.8) is 0 Å². The molecule has 1 aromatic rings. The maximum absolute atomic E-state index is 12.6. The number of likely N-dealkylation sites (tertiary alicyclic amines) is 1. The molecule has 0 radical (unpaired) electrons. The summed E-state index contributed by atoms with van der Waals surface area (Å²) in [7, 11) is 0. The van der Waals surface area contributed by atoms with Crippen LogP contribution in [-0.4, -0.2) is 51.6 Å². The van der Waals surface area contributed by atoms with E-state index in [-0.39, 0.29) is 23.1 Å². The zero-order valence-corrected chi connectivity index (χ0v) is 19.0. The van der Waals surface area contributed by atoms with Crippen LogP contribution in [0.3, 0.4) is 0 Å². The summed E-state index contributed by atoms with van der Waals surface area (Å²) in [5, 5.41) is 9.39. The van der Waals surface area contributed by atoms with Gasteiger partial charge in [0.1, 0.15) is 12.3 Å². The van der Waals surface area contributed by atoms with Crippen LogP contribution in [0.1, 0.15) is 31.2 Å². The van der Waals surface area contributed by atoms with Crippen LogP contribution in [0.15, 0.2) is 21.5 Å². The quantitative estimate of drug-likeness (QED) is 0.440. The van der Waals surface area contributed by atoms with E-state index >= 15 is 0 Å². The van der Waals surface area contributed by atoms with Gasteiger partial charge in [0.15, 0.2) is 0 Å². The van der Waals surface area contributed by atoms with Crippen LogP contribution in [0, 0.1) is 3.57 Å². The molecule has 2 fully saturated rings. The van der Waals surface area contributed by atoms with E-state index in [1.54, 1.807) is 23.1 Å². The number of benzene rings is 1. The number of hydrogen-bond acceptors (Lipinski definition) is 5. The number of nitrogens with zero attached hydrogens (tertiary/aromatic N) is 2. The van der Waals surface area contributed by atoms with E-state index in [1.165, 1.54) is 0 Å². The van der Waals surface area contributed by atoms with Gasteiger partial charge in [-0.05, 0) is 86.9 Å². The first-order valence-electron chi connectivity index (χ1n) is 8.58. The predicted molar refractivity (Wildman–Crippen MR) is 116 cm³/mol. The summed E-state index contributed by atoms with van der Waals surface area (Å²) >= 11 is 6.09. The number of rotatable bonds is 3. The highest BCUT2D eigenvalue weighted by Crippen LogP contribution is 2.35. The van der Waals surface area contributed by atoms with Crippen molar-refractivity contribution in [2.45, 2.75) is 25.7 Å². The van der Waals surface area contributed by atoms with Crippen molar-refractivity contribution in [2.24, 2.45) is 0 Å². The molecular formula is C18H18BrIN2O4S. The average Bonchev–Trinajstić information content (AvgIpc) is 2.84. The Bertz CT molecular complexity index is 799. The van der Waals surface area contributed by atoms with Crippen LogP contribution in [0.5, 0.6) is 5.75 Å². The average molecular weight is 565 g/mol. The Hall–Kier alpha value is -1.07. The molecule has 0 aliphatic carbocycles. The molecule has 27 heavy (non-hydrogen) atoms. The van der Waals surface area contributed by atoms with E-state index in [0.29, 0.717) is 26.7 Å². The van der Waals surface area contributed by atoms with Crippen LogP contribution >= 0.6 is 50.3 Å². The molecule has 3 rings (SSSR count). The molecule has 0 saturated carbocycles. The highest BCUT2D eigenvalue weighted by molar-refractivity contribution is 14.1. The van der Waals surface area contributed by atoms with Crippen molar-refractivity contribution < 1.29 is 19.5 Å². The van der Waals surface area contributed by atoms with E-state index in [2.05, 4.69) is 15.9 Å². The molecule has 0 unspecified atom stereocenters. The van der Waals surface area contributed by atoms with E-state index in [1.807, 2.05) is 22.6 Å². The number of amides is 3. The third kappa shape index (κ3) is 4.86. The topological polar surface area (TPSA) is 77.9 Å². The number of halogens is 2. The molecule has 0 aromatic heterocycles. The summed E-state index contributed by atoms with van der Waals surface area (Å²) in [6, 6.07) is 3.39. The number of hydrogen-bond donors (Lipinski definition) is 1. The predicted octanol–water partition coefficient (Wildman–Crippen LogP) is 4.20. The lowest BCUT2D eigenvalue weighted by atomic mass is 10.2. The van der Waals surface area contributed by atoms with Crippen LogP contribution < -0.4 is 0 Å². The van der Waals surface area contributed by atoms with Gasteiger partial charge in [-0.2, -0.15) is 0 Å². The molecular weight excluding hydrogens is 547 g/mol. The van der Waals surface area contributed by atoms with Gasteiger partial charge in [0.25, 0.3) is 11.1 Å². The number of phenols is 1. The number of thioether (sulfide) groups is 1. The normalized spacial score (nSPS) is 19.7. The Morgan fingerprint density at radius 2 is 1.89 bits per heavy atom. The molecule has 144 valence electrons. The summed E-state index contributed by atoms with van der Waals surface area (Å²) in [5.41, 5.74) is 0.688. The largest absolute Gasteiger partial charge is 0.506 e. The highest BCUT2D eigenvalue weighted by atomic mass is 127. The second-order valence-corrected chi connectivity index (χ2v) is 9.41. The number of phenolic OH excluding ortho intramolecular Hbond substituents is 1. The summed E-state index contributed by atoms with van der Waals surface area (Å²) in [6.07, 6.45) is 5.74. The van der Waals surface area contributed by atoms with Gasteiger partial charge in [0, 0.05) is 13.1 Å². The zero-order valence-electron chi connectivity index (χ0n) is 14.4. The van der Waals surface area contributed by atoms with Crippen LogP contribution in [0.25, 0.3) is 6.08 Å². The van der Waals surface area contributed by atoms with Crippen molar-refractivity contribution in [3.8, 4) is 5.75 Å². The molecule has 1 N–H and O–H groups in total. The molecule has 2 aliphatic heterocycles. The number of imide groups is 1. The molecule has 9 heteroatoms. The fourth-order valence-corrected chi connectivity index (χ4v) is 5.35. The second-order valence-electron chi connectivity index (χ2n) is 6.40. The standard InChI is InChI=1S/C18H18BrIN2O4S/c19-12-7-11(8-13(20)16(12)24)9-14-17(25)22(18(26)27-14)10-15(23)21-5-3-1-2-4-6-21/h7-9,24H,1-6,10H2. The lowest BCUT2D eigenvalue weighted by molar-refractivity contribution is -0.135. The van der Waals surface area contributed by atoms with Crippen LogP contribution in [0.2, 0.25) is 0 Å². The summed E-state index contributed by atoms with van der Waals surface area (Å²) in [6.45, 7) is 1.16. The molecule has 0 bridgehead atoms. The molecule has 2 aliphatic rings. The van der Waals surface area contributed by atoms with Gasteiger partial charge in [-0.15, -0.1) is 0 Å². The van der Waals surface area contributed by atoms with E-state index in [0.717, 1.165) is 42.3 Å². The smallest absolute Gasteiger partial charge is 0.294 e. The monoisotopic (exact) mass is 564 g/mol. The van der Waals surface area contributed by atoms with E-state index in [9.17, 15) is 19.5 Å². The minimum Gasteiger partial charge on any atom is -0.506 e. The molecule has 1 aromatic carbocycles. The summed E-state index contributed by atoms with van der Waals surface area (Å²) in [4.78, 5) is 40.4. The van der Waals surface area contributed by atoms with Crippen molar-refractivity contribution >= 4 is 73.4 Å². The maximum Gasteiger partial charge on any atom is 0.294 e. The van der Waals surface area contributed by atoms with Crippen molar-refractivity contribution in [1.29, 1.82) is 0 Å². The second kappa shape index (κ2) is 8.95. The van der Waals surface area contributed by atoms with E-state index < -0.39 is 11.1 Å². The Kier molecular flexibility index (Phi) is 6.85. The summed E-state index contributed by atoms with van der Waals surface area (Å²) in [5.74, 6) is -0.501. The Labute approximate surface area is 183 Å². The van der Waals surface area contributed by atoms with Gasteiger partial charge in [-0.3, -0.25) is 19.3 Å². The fourth-order valence-electron chi connectivity index (χ4n) is 3.01. The van der Waals surface area contributed by atoms with Gasteiger partial charge in [-0.25, -0.2) is 0 Å². The van der Waals surface area contributed by atoms with Crippen molar-refractivity contribution in [3.05, 3.63) is 30.6 Å². The maximum atomic E-state index is 12.6. The zero-order chi connectivity index (χ0) is 19.6. The minimum atomic E-state index is -0.452. The third-order valence-corrected chi connectivity index (χ3v) is 6.80. The fraction of sp³-hybridized carbons (Fsp3) is 0.389. The summed E-state index contributed by atoms with van der Waals surface area (Å²) < 4.78 is 1.14. The molecule has 3 amide bonds. The molecule has 2 saturated heterocycles. The van der Waals surface area contributed by atoms with Gasteiger partial charge >= 0.3 is 0 Å². The van der Waals surface area contributed by atoms with Gasteiger partial charge in [0.2, 0.25) is 5.91 Å². The lowest BCUT2D eigenvalue weighted by Gasteiger charge is -2.22. The first kappa shape index (κ1) is 20.7. The molecule has 0 spiro atoms. The Morgan fingerprint density at radius 1 is 1.22 bits per heavy atom. The van der Waals surface area contributed by atoms with Gasteiger partial charge < -0.3 is 10.0 Å². The Balaban J connectivity index is 1.74. The first-order chi connectivity index (χ1) is 12.9. The number of carbonyl (C=O) groups excluding carboxylic acids is 3. The highest BCUT2D eigenvalue weighted by Gasteiger charge is 2.37. The SMILES string of the molecule is O=C(CN1C(=O)SC(=Cc2cc(Br)c(O)c(I)c2)C1=O)N1CCCCCC1. The molecule has 0 atom stereocenters. The minimum absolute atomic E-state index is 0.129. The van der Waals surface area contributed by atoms with Crippen LogP contribution in [0.4, 0.5) is 4.79 Å². The van der Waals surface area contributed by atoms with Crippen molar-refractivity contribution in [2.75, 3.05) is 19.6 Å². The molecule has 6 nitrogen and oxygen atoms in total. The number of carbonyl (C=O) groups is 3. The Morgan fingerprint density at radius 3 is 2.52 bits per heavy atom. The molecule has 2 heterocycles. The van der Waals surface area contributed by atoms with Gasteiger partial charge in [0.05, 0.1) is 12.9 Å². The van der Waals surface area contributed by atoms with Crippen LogP contribution in [-0.2, 0) is 9.59 Å². The first-order valence-corrected chi connectivity index (χ1v) is 11.3. The number of aromatic hydroxyl groups is 1. The van der Waals surface area contributed by atoms with Crippen molar-refractivity contribution in [1.82, 2.24) is 9.80 Å². The third-order valence-electron chi connectivity index (χ3n) is 4.46.